The molecule has 0 N–H and O–H groups in total. The molecule has 0 nitrogen and oxygen atoms in total. The van der Waals surface area contributed by atoms with E-state index in [2.05, 4.69) is 20.8 Å². The summed E-state index contributed by atoms with van der Waals surface area (Å²) in [6.45, 7) is 7.30. The van der Waals surface area contributed by atoms with E-state index in [1.807, 2.05) is 0 Å². The van der Waals surface area contributed by atoms with Crippen molar-refractivity contribution in [3.63, 3.8) is 0 Å². The molecule has 3 aliphatic carbocycles. The van der Waals surface area contributed by atoms with Gasteiger partial charge in [-0.25, -0.2) is 0 Å². The molecule has 3 saturated carbocycles. The summed E-state index contributed by atoms with van der Waals surface area (Å²) in [6.07, 6.45) is 28.6. The molecule has 160 valence electrons. The topological polar surface area (TPSA) is 0 Å². The zero-order chi connectivity index (χ0) is 19.3. The van der Waals surface area contributed by atoms with Crippen LogP contribution in [0.25, 0.3) is 0 Å². The predicted molar refractivity (Wildman–Crippen MR) is 122 cm³/mol. The summed E-state index contributed by atoms with van der Waals surface area (Å²) in [5.74, 6) is 5.26. The molecule has 0 aliphatic heterocycles. The van der Waals surface area contributed by atoms with Gasteiger partial charge in [0.15, 0.2) is 0 Å². The van der Waals surface area contributed by atoms with Crippen LogP contribution in [0, 0.1) is 29.6 Å². The van der Waals surface area contributed by atoms with E-state index in [1.54, 1.807) is 6.42 Å². The normalized spacial score (nSPS) is 34.6. The first-order chi connectivity index (χ1) is 13.2. The monoisotopic (exact) mass is 376 g/mol. The van der Waals surface area contributed by atoms with Crippen molar-refractivity contribution in [3.8, 4) is 0 Å². The van der Waals surface area contributed by atoms with Gasteiger partial charge in [0.05, 0.1) is 0 Å². The highest BCUT2D eigenvalue weighted by Gasteiger charge is 2.27. The zero-order valence-electron chi connectivity index (χ0n) is 19.3. The summed E-state index contributed by atoms with van der Waals surface area (Å²) < 4.78 is 0. The zero-order valence-corrected chi connectivity index (χ0v) is 19.3. The first kappa shape index (κ1) is 23.3. The molecular formula is C27H52. The van der Waals surface area contributed by atoms with Gasteiger partial charge in [0.25, 0.3) is 0 Å². The molecule has 0 heterocycles. The van der Waals surface area contributed by atoms with Crippen LogP contribution in [0.3, 0.4) is 0 Å². The molecule has 3 aliphatic rings. The second-order valence-corrected chi connectivity index (χ2v) is 10.5. The maximum absolute atomic E-state index is 2.47. The minimum atomic E-state index is 0.999. The lowest BCUT2D eigenvalue weighted by atomic mass is 9.71. The van der Waals surface area contributed by atoms with Crippen LogP contribution in [0.4, 0.5) is 0 Å². The van der Waals surface area contributed by atoms with Crippen LogP contribution in [0.1, 0.15) is 143 Å². The van der Waals surface area contributed by atoms with Crippen LogP contribution in [0.2, 0.25) is 0 Å². The number of hydrogen-bond acceptors (Lipinski definition) is 0. The quantitative estimate of drug-likeness (QED) is 0.388. The lowest BCUT2D eigenvalue weighted by Gasteiger charge is -2.35. The van der Waals surface area contributed by atoms with E-state index in [0.29, 0.717) is 0 Å². The largest absolute Gasteiger partial charge is 0.0651 e. The summed E-state index contributed by atoms with van der Waals surface area (Å²) in [5.41, 5.74) is 0. The van der Waals surface area contributed by atoms with E-state index < -0.39 is 0 Å². The molecule has 0 amide bonds. The number of rotatable bonds is 7. The second-order valence-electron chi connectivity index (χ2n) is 10.5. The molecule has 3 rings (SSSR count). The van der Waals surface area contributed by atoms with E-state index in [1.165, 1.54) is 116 Å². The van der Waals surface area contributed by atoms with Gasteiger partial charge in [0.1, 0.15) is 0 Å². The van der Waals surface area contributed by atoms with Gasteiger partial charge in [0, 0.05) is 0 Å². The standard InChI is InChI=1S/C21H40.C6H12/c1-4-18-10-6-7-11-20(18)12-8-9-13-21-15-14-17(3)16-19(21)5-2;1-2-4-6-5-3-1/h17-21H,4-16H2,1-3H3;1-6H2. The van der Waals surface area contributed by atoms with Crippen molar-refractivity contribution in [1.29, 1.82) is 0 Å². The molecule has 0 aromatic rings. The Hall–Kier alpha value is 0. The van der Waals surface area contributed by atoms with Crippen molar-refractivity contribution in [1.82, 2.24) is 0 Å². The summed E-state index contributed by atoms with van der Waals surface area (Å²) in [7, 11) is 0. The van der Waals surface area contributed by atoms with Gasteiger partial charge in [-0.2, -0.15) is 0 Å². The minimum absolute atomic E-state index is 0.999. The number of hydrogen-bond donors (Lipinski definition) is 0. The summed E-state index contributed by atoms with van der Waals surface area (Å²) in [4.78, 5) is 0. The third-order valence-corrected chi connectivity index (χ3v) is 8.42. The fraction of sp³-hybridized carbons (Fsp3) is 1.00. The van der Waals surface area contributed by atoms with E-state index in [9.17, 15) is 0 Å². The highest BCUT2D eigenvalue weighted by molar-refractivity contribution is 4.79. The van der Waals surface area contributed by atoms with Crippen LogP contribution in [-0.4, -0.2) is 0 Å². The average molecular weight is 377 g/mol. The first-order valence-corrected chi connectivity index (χ1v) is 13.2. The maximum Gasteiger partial charge on any atom is -0.0386 e. The Bertz CT molecular complexity index is 330. The SMILES string of the molecule is C1CCCCC1.CCC1CCCCC1CCCCC1CCC(C)CC1CC. The summed E-state index contributed by atoms with van der Waals surface area (Å²) in [5, 5.41) is 0. The molecule has 0 saturated heterocycles. The third-order valence-electron chi connectivity index (χ3n) is 8.42. The van der Waals surface area contributed by atoms with Crippen LogP contribution >= 0.6 is 0 Å². The molecule has 0 spiro atoms. The Labute approximate surface area is 172 Å². The van der Waals surface area contributed by atoms with Crippen LogP contribution in [0.15, 0.2) is 0 Å². The Balaban J connectivity index is 0.000000369. The van der Waals surface area contributed by atoms with Gasteiger partial charge in [-0.15, -0.1) is 0 Å². The lowest BCUT2D eigenvalue weighted by molar-refractivity contribution is 0.166. The van der Waals surface area contributed by atoms with Gasteiger partial charge >= 0.3 is 0 Å². The molecule has 5 atom stereocenters. The Morgan fingerprint density at radius 1 is 0.519 bits per heavy atom. The van der Waals surface area contributed by atoms with Crippen LogP contribution in [-0.2, 0) is 0 Å². The lowest BCUT2D eigenvalue weighted by Crippen LogP contribution is -2.23. The van der Waals surface area contributed by atoms with Crippen molar-refractivity contribution < 1.29 is 0 Å². The molecule has 0 aromatic carbocycles. The summed E-state index contributed by atoms with van der Waals surface area (Å²) in [6, 6.07) is 0. The van der Waals surface area contributed by atoms with Crippen LogP contribution in [0.5, 0.6) is 0 Å². The average Bonchev–Trinajstić information content (AvgIpc) is 2.74. The summed E-state index contributed by atoms with van der Waals surface area (Å²) >= 11 is 0. The minimum Gasteiger partial charge on any atom is -0.0651 e. The van der Waals surface area contributed by atoms with E-state index in [0.717, 1.165) is 29.6 Å². The van der Waals surface area contributed by atoms with Gasteiger partial charge in [-0.05, 0) is 42.4 Å². The van der Waals surface area contributed by atoms with Crippen LogP contribution < -0.4 is 0 Å². The van der Waals surface area contributed by atoms with E-state index in [-0.39, 0.29) is 0 Å². The van der Waals surface area contributed by atoms with E-state index in [4.69, 9.17) is 0 Å². The number of unbranched alkanes of at least 4 members (excludes halogenated alkanes) is 1. The second kappa shape index (κ2) is 14.1. The molecule has 0 aromatic heterocycles. The third kappa shape index (κ3) is 8.91. The predicted octanol–water partition coefficient (Wildman–Crippen LogP) is 9.57. The molecule has 5 unspecified atom stereocenters. The van der Waals surface area contributed by atoms with Crippen molar-refractivity contribution >= 4 is 0 Å². The van der Waals surface area contributed by atoms with Crippen molar-refractivity contribution in [2.24, 2.45) is 29.6 Å². The Kier molecular flexibility index (Phi) is 12.1. The van der Waals surface area contributed by atoms with Crippen molar-refractivity contribution in [2.75, 3.05) is 0 Å². The van der Waals surface area contributed by atoms with E-state index >= 15 is 0 Å². The van der Waals surface area contributed by atoms with Crippen molar-refractivity contribution in [2.45, 2.75) is 143 Å². The van der Waals surface area contributed by atoms with Gasteiger partial charge < -0.3 is 0 Å². The molecule has 0 bridgehead atoms. The van der Waals surface area contributed by atoms with Gasteiger partial charge in [0.2, 0.25) is 0 Å². The highest BCUT2D eigenvalue weighted by Crippen LogP contribution is 2.39. The fourth-order valence-electron chi connectivity index (χ4n) is 6.52. The van der Waals surface area contributed by atoms with Crippen molar-refractivity contribution in [3.05, 3.63) is 0 Å². The first-order valence-electron chi connectivity index (χ1n) is 13.2. The smallest absolute Gasteiger partial charge is 0.0386 e. The van der Waals surface area contributed by atoms with Gasteiger partial charge in [-0.1, -0.05) is 130 Å². The highest BCUT2D eigenvalue weighted by atomic mass is 14.3. The Morgan fingerprint density at radius 2 is 1.00 bits per heavy atom. The Morgan fingerprint density at radius 3 is 1.52 bits per heavy atom. The molecule has 0 heteroatoms. The molecule has 0 radical (unpaired) electrons. The fourth-order valence-corrected chi connectivity index (χ4v) is 6.52. The molecular weight excluding hydrogens is 324 g/mol. The molecule has 27 heavy (non-hydrogen) atoms. The maximum atomic E-state index is 2.47. The molecule has 3 fully saturated rings. The van der Waals surface area contributed by atoms with Gasteiger partial charge in [-0.3, -0.25) is 0 Å².